The number of ether oxygens (including phenoxy) is 2. The Balaban J connectivity index is 1.60. The average Bonchev–Trinajstić information content (AvgIpc) is 2.66. The number of hydrogen-bond donors (Lipinski definition) is 3. The van der Waals surface area contributed by atoms with Gasteiger partial charge < -0.3 is 20.1 Å². The van der Waals surface area contributed by atoms with Crippen LogP contribution in [0.4, 0.5) is 19.4 Å². The van der Waals surface area contributed by atoms with Gasteiger partial charge in [0.15, 0.2) is 17.6 Å². The monoisotopic (exact) mass is 421 g/mol. The lowest BCUT2D eigenvalue weighted by molar-refractivity contribution is 0.0341. The van der Waals surface area contributed by atoms with Gasteiger partial charge >= 0.3 is 6.09 Å². The molecule has 0 radical (unpaired) electrons. The van der Waals surface area contributed by atoms with Crippen molar-refractivity contribution in [3.8, 4) is 0 Å². The number of amides is 1. The Hall–Kier alpha value is -3.01. The van der Waals surface area contributed by atoms with Crippen molar-refractivity contribution in [2.24, 2.45) is 5.73 Å². The minimum atomic E-state index is -1.51. The first kappa shape index (κ1) is 21.7. The van der Waals surface area contributed by atoms with E-state index in [-0.39, 0.29) is 24.1 Å². The molecule has 2 atom stereocenters. The van der Waals surface area contributed by atoms with Crippen molar-refractivity contribution in [3.63, 3.8) is 0 Å². The van der Waals surface area contributed by atoms with Gasteiger partial charge in [0.25, 0.3) is 0 Å². The largest absolute Gasteiger partial charge is 0.445 e. The maximum Gasteiger partial charge on any atom is 0.414 e. The number of halogens is 2. The molecule has 2 unspecified atom stereocenters. The van der Waals surface area contributed by atoms with Crippen LogP contribution in [0.15, 0.2) is 36.1 Å². The van der Waals surface area contributed by atoms with E-state index in [4.69, 9.17) is 20.6 Å². The Labute approximate surface area is 173 Å². The summed E-state index contributed by atoms with van der Waals surface area (Å²) >= 11 is 0. The second-order valence-corrected chi connectivity index (χ2v) is 7.14. The van der Waals surface area contributed by atoms with Gasteiger partial charge in [0.1, 0.15) is 12.8 Å². The fourth-order valence-corrected chi connectivity index (χ4v) is 3.28. The Kier molecular flexibility index (Phi) is 6.99. The van der Waals surface area contributed by atoms with Crippen LogP contribution in [0.25, 0.3) is 0 Å². The molecule has 0 saturated carbocycles. The summed E-state index contributed by atoms with van der Waals surface area (Å²) in [6.07, 6.45) is 4.74. The van der Waals surface area contributed by atoms with Gasteiger partial charge in [-0.1, -0.05) is 25.2 Å². The van der Waals surface area contributed by atoms with Crippen LogP contribution >= 0.6 is 0 Å². The van der Waals surface area contributed by atoms with Gasteiger partial charge in [0.2, 0.25) is 0 Å². The molecule has 30 heavy (non-hydrogen) atoms. The van der Waals surface area contributed by atoms with E-state index >= 15 is 0 Å². The molecule has 10 heteroatoms. The predicted molar refractivity (Wildman–Crippen MR) is 108 cm³/mol. The van der Waals surface area contributed by atoms with Crippen LogP contribution in [-0.2, 0) is 9.47 Å². The molecule has 1 aliphatic heterocycles. The fourth-order valence-electron chi connectivity index (χ4n) is 3.28. The van der Waals surface area contributed by atoms with E-state index in [1.807, 2.05) is 12.2 Å². The van der Waals surface area contributed by atoms with Gasteiger partial charge in [0.05, 0.1) is 6.10 Å². The van der Waals surface area contributed by atoms with Crippen molar-refractivity contribution in [2.75, 3.05) is 31.2 Å². The fraction of sp³-hybridized carbons (Fsp3) is 0.450. The lowest BCUT2D eigenvalue weighted by Crippen LogP contribution is -2.53. The van der Waals surface area contributed by atoms with E-state index in [1.165, 1.54) is 18.3 Å². The second kappa shape index (κ2) is 9.66. The van der Waals surface area contributed by atoms with Gasteiger partial charge in [-0.3, -0.25) is 10.7 Å². The van der Waals surface area contributed by atoms with Gasteiger partial charge in [-0.15, -0.1) is 0 Å². The number of carbonyl (C=O) groups is 1. The minimum absolute atomic E-state index is 0.0789. The first-order chi connectivity index (χ1) is 14.4. The van der Waals surface area contributed by atoms with Gasteiger partial charge in [-0.25, -0.2) is 18.6 Å². The third-order valence-corrected chi connectivity index (χ3v) is 4.84. The summed E-state index contributed by atoms with van der Waals surface area (Å²) in [4.78, 5) is 17.4. The average molecular weight is 421 g/mol. The molecule has 2 heterocycles. The van der Waals surface area contributed by atoms with Crippen molar-refractivity contribution in [2.45, 2.75) is 31.5 Å². The smallest absolute Gasteiger partial charge is 0.414 e. The van der Waals surface area contributed by atoms with E-state index in [2.05, 4.69) is 4.98 Å². The number of nitrogens with zero attached hydrogens (tertiary/aromatic N) is 2. The summed E-state index contributed by atoms with van der Waals surface area (Å²) in [6.45, 7) is 3.54. The zero-order valence-corrected chi connectivity index (χ0v) is 16.6. The van der Waals surface area contributed by atoms with Crippen LogP contribution in [0.1, 0.15) is 24.8 Å². The molecule has 1 aromatic heterocycles. The second-order valence-electron chi connectivity index (χ2n) is 7.14. The highest BCUT2D eigenvalue weighted by Gasteiger charge is 2.32. The highest BCUT2D eigenvalue weighted by Crippen LogP contribution is 2.33. The van der Waals surface area contributed by atoms with Crippen LogP contribution in [0.2, 0.25) is 0 Å². The van der Waals surface area contributed by atoms with Gasteiger partial charge in [0, 0.05) is 37.4 Å². The van der Waals surface area contributed by atoms with Crippen LogP contribution in [0.3, 0.4) is 0 Å². The highest BCUT2D eigenvalue weighted by molar-refractivity contribution is 5.90. The molecule has 0 bridgehead atoms. The molecule has 3 rings (SSSR count). The topological polar surface area (TPSA) is 114 Å². The van der Waals surface area contributed by atoms with Crippen molar-refractivity contribution in [3.05, 3.63) is 47.4 Å². The van der Waals surface area contributed by atoms with Gasteiger partial charge in [-0.2, -0.15) is 0 Å². The molecule has 0 spiro atoms. The molecular formula is C20H25F2N5O3. The molecule has 8 nitrogen and oxygen atoms in total. The molecular weight excluding hydrogens is 396 g/mol. The predicted octanol–water partition coefficient (Wildman–Crippen LogP) is 2.37. The molecule has 0 aromatic carbocycles. The number of anilines is 1. The highest BCUT2D eigenvalue weighted by atomic mass is 19.1. The maximum atomic E-state index is 15.0. The zero-order valence-electron chi connectivity index (χ0n) is 16.6. The molecule has 2 aliphatic rings. The standard InChI is InChI=1S/C20H25F2N5O3/c1-2-6-29-14-9-27(10-14)18-16(21)7-13(8-25-18)15-5-3-4-12(17(15)22)11-30-20(28)26-19(23)24/h3-5,7-8,14-15,17H,2,6,9-11H2,1H3,(H4,23,24,26,28). The first-order valence-corrected chi connectivity index (χ1v) is 9.70. The van der Waals surface area contributed by atoms with Crippen molar-refractivity contribution < 1.29 is 23.0 Å². The number of nitrogens with one attached hydrogen (secondary N) is 2. The van der Waals surface area contributed by atoms with Crippen LogP contribution < -0.4 is 16.0 Å². The summed E-state index contributed by atoms with van der Waals surface area (Å²) in [5.41, 5.74) is 5.64. The number of allylic oxidation sites excluding steroid dienone is 3. The third-order valence-electron chi connectivity index (χ3n) is 4.84. The summed E-state index contributed by atoms with van der Waals surface area (Å²) < 4.78 is 40.1. The quantitative estimate of drug-likeness (QED) is 0.460. The number of aromatic nitrogens is 1. The third kappa shape index (κ3) is 5.12. The lowest BCUT2D eigenvalue weighted by atomic mass is 9.87. The van der Waals surface area contributed by atoms with Crippen LogP contribution in [0.5, 0.6) is 0 Å². The lowest BCUT2D eigenvalue weighted by Gasteiger charge is -2.39. The molecule has 1 amide bonds. The van der Waals surface area contributed by atoms with Gasteiger partial charge in [-0.05, 0) is 18.1 Å². The first-order valence-electron chi connectivity index (χ1n) is 9.70. The Bertz CT molecular complexity index is 855. The summed E-state index contributed by atoms with van der Waals surface area (Å²) in [7, 11) is 0. The number of hydrogen-bond acceptors (Lipinski definition) is 6. The number of rotatable bonds is 7. The van der Waals surface area contributed by atoms with E-state index in [9.17, 15) is 13.6 Å². The Morgan fingerprint density at radius 1 is 1.47 bits per heavy atom. The molecule has 1 aromatic rings. The number of alkyl carbamates (subject to hydrolysis) is 1. The summed E-state index contributed by atoms with van der Waals surface area (Å²) in [5, 5.41) is 8.92. The number of pyridine rings is 1. The molecule has 162 valence electrons. The molecule has 1 fully saturated rings. The number of carbonyl (C=O) groups excluding carboxylic acids is 1. The summed E-state index contributed by atoms with van der Waals surface area (Å²) in [5.74, 6) is -1.61. The van der Waals surface area contributed by atoms with Crippen molar-refractivity contribution >= 4 is 17.9 Å². The number of alkyl halides is 1. The number of guanidine groups is 1. The normalized spacial score (nSPS) is 21.0. The Morgan fingerprint density at radius 3 is 2.90 bits per heavy atom. The molecule has 1 saturated heterocycles. The van der Waals surface area contributed by atoms with E-state index in [1.54, 1.807) is 17.1 Å². The minimum Gasteiger partial charge on any atom is -0.445 e. The van der Waals surface area contributed by atoms with Crippen LogP contribution in [-0.4, -0.2) is 55.6 Å². The van der Waals surface area contributed by atoms with E-state index < -0.39 is 30.0 Å². The van der Waals surface area contributed by atoms with Crippen LogP contribution in [0, 0.1) is 11.2 Å². The summed E-state index contributed by atoms with van der Waals surface area (Å²) in [6, 6.07) is 1.29. The maximum absolute atomic E-state index is 15.0. The van der Waals surface area contributed by atoms with Crippen molar-refractivity contribution in [1.29, 1.82) is 5.41 Å². The molecule has 1 aliphatic carbocycles. The Morgan fingerprint density at radius 2 is 2.23 bits per heavy atom. The van der Waals surface area contributed by atoms with Crippen molar-refractivity contribution in [1.82, 2.24) is 10.3 Å². The number of nitrogens with two attached hydrogens (primary N) is 1. The molecule has 4 N–H and O–H groups in total. The SMILES string of the molecule is CCCOC1CN(c2ncc(C3C=CC=C(COC(=O)NC(=N)N)C3F)cc2F)C1. The zero-order chi connectivity index (χ0) is 21.7. The van der Waals surface area contributed by atoms with E-state index in [0.717, 1.165) is 6.42 Å². The van der Waals surface area contributed by atoms with E-state index in [0.29, 0.717) is 25.3 Å².